The van der Waals surface area contributed by atoms with Crippen molar-refractivity contribution >= 4 is 40.6 Å². The fourth-order valence-electron chi connectivity index (χ4n) is 2.27. The molecular weight excluding hydrogens is 380 g/mol. The maximum absolute atomic E-state index is 12.2. The van der Waals surface area contributed by atoms with Crippen LogP contribution < -0.4 is 14.8 Å². The van der Waals surface area contributed by atoms with Gasteiger partial charge in [0.15, 0.2) is 11.8 Å². The minimum absolute atomic E-state index is 0.152. The number of nitrogens with one attached hydrogen (secondary N) is 1. The van der Waals surface area contributed by atoms with E-state index in [0.29, 0.717) is 15.8 Å². The van der Waals surface area contributed by atoms with E-state index in [4.69, 9.17) is 9.47 Å². The molecule has 1 aliphatic heterocycles. The Morgan fingerprint density at radius 2 is 1.75 bits per heavy atom. The highest BCUT2D eigenvalue weighted by Gasteiger charge is 2.23. The van der Waals surface area contributed by atoms with Gasteiger partial charge < -0.3 is 19.5 Å². The monoisotopic (exact) mass is 398 g/mol. The first-order valence-electron chi connectivity index (χ1n) is 8.30. The van der Waals surface area contributed by atoms with Crippen molar-refractivity contribution in [3.63, 3.8) is 0 Å². The zero-order chi connectivity index (χ0) is 19.9. The maximum Gasteiger partial charge on any atom is 0.343 e. The number of hydrogen-bond donors (Lipinski definition) is 1. The standard InChI is InChI=1S/C20H18N2O5S/c1-25-15-9-5-14(6-10-15)21-20-22-19(24)17(28-20)11-13-3-7-16(8-4-13)27-12-18(23)26-2/h3-11H,12H2,1-2H3,(H,21,22,24)/b17-11+. The topological polar surface area (TPSA) is 86.2 Å². The number of aliphatic imine (C=N–C) groups is 1. The molecule has 1 heterocycles. The van der Waals surface area contributed by atoms with E-state index in [1.165, 1.54) is 18.9 Å². The second-order valence-electron chi connectivity index (χ2n) is 5.61. The summed E-state index contributed by atoms with van der Waals surface area (Å²) in [6.45, 7) is -0.152. The van der Waals surface area contributed by atoms with E-state index in [-0.39, 0.29) is 12.5 Å². The van der Waals surface area contributed by atoms with Crippen LogP contribution in [-0.4, -0.2) is 37.9 Å². The normalized spacial score (nSPS) is 16.1. The molecule has 1 fully saturated rings. The fraction of sp³-hybridized carbons (Fsp3) is 0.150. The fourth-order valence-corrected chi connectivity index (χ4v) is 3.11. The van der Waals surface area contributed by atoms with Crippen LogP contribution in [0.3, 0.4) is 0 Å². The van der Waals surface area contributed by atoms with Crippen molar-refractivity contribution in [2.45, 2.75) is 0 Å². The first kappa shape index (κ1) is 19.5. The molecule has 7 nitrogen and oxygen atoms in total. The first-order valence-corrected chi connectivity index (χ1v) is 9.12. The Hall–Kier alpha value is -3.26. The number of methoxy groups -OCH3 is 2. The van der Waals surface area contributed by atoms with Crippen LogP contribution >= 0.6 is 11.8 Å². The van der Waals surface area contributed by atoms with E-state index in [9.17, 15) is 9.59 Å². The molecule has 28 heavy (non-hydrogen) atoms. The molecule has 1 amide bonds. The third-order valence-electron chi connectivity index (χ3n) is 3.72. The second-order valence-corrected chi connectivity index (χ2v) is 6.64. The third-order valence-corrected chi connectivity index (χ3v) is 4.63. The van der Waals surface area contributed by atoms with Crippen LogP contribution in [0.15, 0.2) is 58.4 Å². The van der Waals surface area contributed by atoms with Gasteiger partial charge in [-0.3, -0.25) is 4.79 Å². The number of amidine groups is 1. The molecular formula is C20H18N2O5S. The Kier molecular flexibility index (Phi) is 6.33. The number of amides is 1. The average molecular weight is 398 g/mol. The van der Waals surface area contributed by atoms with Crippen LogP contribution in [0.4, 0.5) is 5.69 Å². The zero-order valence-electron chi connectivity index (χ0n) is 15.3. The molecule has 0 aromatic heterocycles. The molecule has 2 aromatic rings. The SMILES string of the molecule is COC(=O)COc1ccc(/C=C2/SC(=Nc3ccc(OC)cc3)NC2=O)cc1. The average Bonchev–Trinajstić information content (AvgIpc) is 3.06. The van der Waals surface area contributed by atoms with Gasteiger partial charge in [0.2, 0.25) is 0 Å². The smallest absolute Gasteiger partial charge is 0.343 e. The Bertz CT molecular complexity index is 921. The summed E-state index contributed by atoms with van der Waals surface area (Å²) >= 11 is 1.27. The molecule has 1 saturated heterocycles. The molecule has 2 aromatic carbocycles. The predicted molar refractivity (Wildman–Crippen MR) is 108 cm³/mol. The van der Waals surface area contributed by atoms with Gasteiger partial charge in [0, 0.05) is 0 Å². The van der Waals surface area contributed by atoms with Crippen molar-refractivity contribution in [2.75, 3.05) is 20.8 Å². The third kappa shape index (κ3) is 5.14. The molecule has 0 saturated carbocycles. The predicted octanol–water partition coefficient (Wildman–Crippen LogP) is 3.14. The lowest BCUT2D eigenvalue weighted by Gasteiger charge is -2.04. The molecule has 0 radical (unpaired) electrons. The highest BCUT2D eigenvalue weighted by Crippen LogP contribution is 2.29. The number of benzene rings is 2. The van der Waals surface area contributed by atoms with Crippen LogP contribution in [0.2, 0.25) is 0 Å². The number of nitrogens with zero attached hydrogens (tertiary/aromatic N) is 1. The summed E-state index contributed by atoms with van der Waals surface area (Å²) in [5.41, 5.74) is 1.55. The van der Waals surface area contributed by atoms with Crippen LogP contribution in [0, 0.1) is 0 Å². The largest absolute Gasteiger partial charge is 0.497 e. The molecule has 0 aliphatic carbocycles. The van der Waals surface area contributed by atoms with Crippen molar-refractivity contribution in [2.24, 2.45) is 4.99 Å². The molecule has 3 rings (SSSR count). The molecule has 0 unspecified atom stereocenters. The molecule has 8 heteroatoms. The summed E-state index contributed by atoms with van der Waals surface area (Å²) in [4.78, 5) is 28.2. The van der Waals surface area contributed by atoms with Gasteiger partial charge in [0.1, 0.15) is 11.5 Å². The molecule has 144 valence electrons. The molecule has 1 N–H and O–H groups in total. The molecule has 1 aliphatic rings. The van der Waals surface area contributed by atoms with E-state index in [0.717, 1.165) is 17.0 Å². The highest BCUT2D eigenvalue weighted by atomic mass is 32.2. The van der Waals surface area contributed by atoms with E-state index < -0.39 is 5.97 Å². The Morgan fingerprint density at radius 1 is 1.07 bits per heavy atom. The van der Waals surface area contributed by atoms with Crippen molar-refractivity contribution < 1.29 is 23.8 Å². The van der Waals surface area contributed by atoms with Gasteiger partial charge >= 0.3 is 5.97 Å². The molecule has 0 spiro atoms. The number of carbonyl (C=O) groups excluding carboxylic acids is 2. The van der Waals surface area contributed by atoms with Gasteiger partial charge in [0.05, 0.1) is 24.8 Å². The van der Waals surface area contributed by atoms with Crippen LogP contribution in [-0.2, 0) is 14.3 Å². The van der Waals surface area contributed by atoms with E-state index in [1.807, 2.05) is 12.1 Å². The van der Waals surface area contributed by atoms with Crippen LogP contribution in [0.5, 0.6) is 11.5 Å². The van der Waals surface area contributed by atoms with E-state index in [2.05, 4.69) is 15.0 Å². The van der Waals surface area contributed by atoms with Gasteiger partial charge in [-0.05, 0) is 59.8 Å². The Balaban J connectivity index is 1.66. The molecule has 0 bridgehead atoms. The highest BCUT2D eigenvalue weighted by molar-refractivity contribution is 8.18. The van der Waals surface area contributed by atoms with Gasteiger partial charge in [-0.2, -0.15) is 0 Å². The number of hydrogen-bond acceptors (Lipinski definition) is 7. The Labute approximate surface area is 166 Å². The van der Waals surface area contributed by atoms with Gasteiger partial charge in [-0.1, -0.05) is 12.1 Å². The summed E-state index contributed by atoms with van der Waals surface area (Å²) < 4.78 is 14.9. The summed E-state index contributed by atoms with van der Waals surface area (Å²) in [5, 5.41) is 3.26. The van der Waals surface area contributed by atoms with Crippen molar-refractivity contribution in [1.29, 1.82) is 0 Å². The minimum atomic E-state index is -0.450. The summed E-state index contributed by atoms with van der Waals surface area (Å²) in [6.07, 6.45) is 1.76. The van der Waals surface area contributed by atoms with Gasteiger partial charge in [0.25, 0.3) is 5.91 Å². The minimum Gasteiger partial charge on any atom is -0.497 e. The van der Waals surface area contributed by atoms with Crippen molar-refractivity contribution in [3.8, 4) is 11.5 Å². The van der Waals surface area contributed by atoms with E-state index >= 15 is 0 Å². The van der Waals surface area contributed by atoms with E-state index in [1.54, 1.807) is 49.6 Å². The summed E-state index contributed by atoms with van der Waals surface area (Å²) in [5.74, 6) is 0.627. The second kappa shape index (κ2) is 9.09. The molecule has 0 atom stereocenters. The summed E-state index contributed by atoms with van der Waals surface area (Å²) in [7, 11) is 2.90. The zero-order valence-corrected chi connectivity index (χ0v) is 16.1. The lowest BCUT2D eigenvalue weighted by atomic mass is 10.2. The first-order chi connectivity index (χ1) is 13.6. The van der Waals surface area contributed by atoms with Crippen LogP contribution in [0.25, 0.3) is 6.08 Å². The quantitative estimate of drug-likeness (QED) is 0.594. The van der Waals surface area contributed by atoms with Gasteiger partial charge in [-0.15, -0.1) is 0 Å². The van der Waals surface area contributed by atoms with Crippen molar-refractivity contribution in [3.05, 3.63) is 59.0 Å². The lowest BCUT2D eigenvalue weighted by Crippen LogP contribution is -2.19. The van der Waals surface area contributed by atoms with Crippen molar-refractivity contribution in [1.82, 2.24) is 5.32 Å². The Morgan fingerprint density at radius 3 is 2.39 bits per heavy atom. The summed E-state index contributed by atoms with van der Waals surface area (Å²) in [6, 6.07) is 14.3. The number of esters is 1. The van der Waals surface area contributed by atoms with Crippen LogP contribution in [0.1, 0.15) is 5.56 Å². The lowest BCUT2D eigenvalue weighted by molar-refractivity contribution is -0.142. The number of ether oxygens (including phenoxy) is 3. The van der Waals surface area contributed by atoms with Gasteiger partial charge in [-0.25, -0.2) is 9.79 Å². The number of carbonyl (C=O) groups is 2. The maximum atomic E-state index is 12.2. The number of thioether (sulfide) groups is 1. The number of rotatable bonds is 6.